The Labute approximate surface area is 128 Å². The summed E-state index contributed by atoms with van der Waals surface area (Å²) in [7, 11) is 0.0998. The van der Waals surface area contributed by atoms with E-state index in [1.807, 2.05) is 7.05 Å². The molecule has 1 aliphatic heterocycles. The highest BCUT2D eigenvalue weighted by atomic mass is 35.5. The molecule has 0 aliphatic carbocycles. The molecule has 8 heteroatoms. The van der Waals surface area contributed by atoms with Gasteiger partial charge < -0.3 is 10.2 Å². The van der Waals surface area contributed by atoms with Crippen LogP contribution in [0.15, 0.2) is 0 Å². The van der Waals surface area contributed by atoms with E-state index >= 15 is 0 Å². The molecule has 1 rings (SSSR count). The Morgan fingerprint density at radius 1 is 1.35 bits per heavy atom. The molecule has 1 N–H and O–H groups in total. The maximum atomic E-state index is 12.0. The molecular weight excluding hydrogens is 302 g/mol. The van der Waals surface area contributed by atoms with Gasteiger partial charge >= 0.3 is 0 Å². The number of rotatable bonds is 6. The lowest BCUT2D eigenvalue weighted by Crippen LogP contribution is -2.44. The van der Waals surface area contributed by atoms with Crippen LogP contribution in [0.5, 0.6) is 0 Å². The van der Waals surface area contributed by atoms with Gasteiger partial charge in [-0.25, -0.2) is 8.42 Å². The summed E-state index contributed by atoms with van der Waals surface area (Å²) >= 11 is 0. The van der Waals surface area contributed by atoms with Gasteiger partial charge in [0.15, 0.2) is 0 Å². The third-order valence-corrected chi connectivity index (χ3v) is 4.96. The molecule has 0 aromatic carbocycles. The van der Waals surface area contributed by atoms with Crippen LogP contribution in [0.1, 0.15) is 19.3 Å². The maximum absolute atomic E-state index is 12.0. The van der Waals surface area contributed by atoms with Gasteiger partial charge in [0, 0.05) is 20.1 Å². The number of nitrogens with zero attached hydrogens (tertiary/aromatic N) is 2. The number of piperidine rings is 1. The lowest BCUT2D eigenvalue weighted by molar-refractivity contribution is -0.132. The second kappa shape index (κ2) is 8.81. The zero-order valence-corrected chi connectivity index (χ0v) is 14.1. The first-order chi connectivity index (χ1) is 8.84. The minimum atomic E-state index is -3.28. The second-order valence-electron chi connectivity index (χ2n) is 5.24. The molecule has 0 atom stereocenters. The van der Waals surface area contributed by atoms with Gasteiger partial charge in [-0.15, -0.1) is 12.4 Å². The molecule has 0 saturated carbocycles. The van der Waals surface area contributed by atoms with Crippen LogP contribution in [0.3, 0.4) is 0 Å². The zero-order chi connectivity index (χ0) is 14.5. The summed E-state index contributed by atoms with van der Waals surface area (Å²) in [5, 5.41) is 3.14. The first-order valence-electron chi connectivity index (χ1n) is 6.68. The molecule has 0 radical (unpaired) electrons. The molecule has 120 valence electrons. The molecule has 1 heterocycles. The predicted octanol–water partition coefficient (Wildman–Crippen LogP) is 0.148. The standard InChI is InChI=1S/C12H25N3O3S.ClH/c1-13-7-4-11-5-8-15(9-6-11)12(16)10-14(2)19(3,17)18;/h11,13H,4-10H2,1-3H3;1H. The number of amides is 1. The number of hydrogen-bond acceptors (Lipinski definition) is 4. The van der Waals surface area contributed by atoms with Crippen LogP contribution in [0.25, 0.3) is 0 Å². The highest BCUT2D eigenvalue weighted by Crippen LogP contribution is 2.20. The van der Waals surface area contributed by atoms with Crippen molar-refractivity contribution in [3.05, 3.63) is 0 Å². The fourth-order valence-electron chi connectivity index (χ4n) is 2.23. The monoisotopic (exact) mass is 327 g/mol. The van der Waals surface area contributed by atoms with Crippen LogP contribution in [0.2, 0.25) is 0 Å². The molecule has 1 amide bonds. The minimum Gasteiger partial charge on any atom is -0.342 e. The summed E-state index contributed by atoms with van der Waals surface area (Å²) in [6, 6.07) is 0. The average Bonchev–Trinajstić information content (AvgIpc) is 2.35. The van der Waals surface area contributed by atoms with Crippen molar-refractivity contribution in [3.63, 3.8) is 0 Å². The Hall–Kier alpha value is -0.370. The summed E-state index contributed by atoms with van der Waals surface area (Å²) in [6.07, 6.45) is 4.28. The van der Waals surface area contributed by atoms with Crippen LogP contribution in [0.4, 0.5) is 0 Å². The maximum Gasteiger partial charge on any atom is 0.237 e. The number of hydrogen-bond donors (Lipinski definition) is 1. The van der Waals surface area contributed by atoms with E-state index in [0.29, 0.717) is 5.92 Å². The number of nitrogens with one attached hydrogen (secondary N) is 1. The van der Waals surface area contributed by atoms with Gasteiger partial charge in [-0.3, -0.25) is 4.79 Å². The Bertz CT molecular complexity index is 395. The van der Waals surface area contributed by atoms with Crippen LogP contribution in [0, 0.1) is 5.92 Å². The highest BCUT2D eigenvalue weighted by Gasteiger charge is 2.24. The second-order valence-corrected chi connectivity index (χ2v) is 7.32. The van der Waals surface area contributed by atoms with Gasteiger partial charge in [-0.05, 0) is 38.8 Å². The smallest absolute Gasteiger partial charge is 0.237 e. The van der Waals surface area contributed by atoms with Crippen molar-refractivity contribution in [2.75, 3.05) is 46.5 Å². The number of carbonyl (C=O) groups is 1. The van der Waals surface area contributed by atoms with Gasteiger partial charge in [0.05, 0.1) is 12.8 Å². The lowest BCUT2D eigenvalue weighted by Gasteiger charge is -2.32. The van der Waals surface area contributed by atoms with Crippen molar-refractivity contribution < 1.29 is 13.2 Å². The predicted molar refractivity (Wildman–Crippen MR) is 82.6 cm³/mol. The van der Waals surface area contributed by atoms with Crippen molar-refractivity contribution in [2.45, 2.75) is 19.3 Å². The molecule has 0 spiro atoms. The Balaban J connectivity index is 0.00000361. The fraction of sp³-hybridized carbons (Fsp3) is 0.917. The highest BCUT2D eigenvalue weighted by molar-refractivity contribution is 7.88. The van der Waals surface area contributed by atoms with E-state index in [4.69, 9.17) is 0 Å². The molecule has 0 aromatic heterocycles. The number of carbonyl (C=O) groups excluding carboxylic acids is 1. The minimum absolute atomic E-state index is 0. The van der Waals surface area contributed by atoms with Crippen LogP contribution < -0.4 is 5.32 Å². The van der Waals surface area contributed by atoms with E-state index in [0.717, 1.165) is 49.5 Å². The van der Waals surface area contributed by atoms with Crippen LogP contribution in [-0.2, 0) is 14.8 Å². The van der Waals surface area contributed by atoms with E-state index in [-0.39, 0.29) is 24.9 Å². The molecule has 6 nitrogen and oxygen atoms in total. The van der Waals surface area contributed by atoms with Crippen molar-refractivity contribution in [3.8, 4) is 0 Å². The first-order valence-corrected chi connectivity index (χ1v) is 8.53. The van der Waals surface area contributed by atoms with Gasteiger partial charge in [0.25, 0.3) is 0 Å². The number of likely N-dealkylation sites (tertiary alicyclic amines) is 1. The summed E-state index contributed by atoms with van der Waals surface area (Å²) in [5.41, 5.74) is 0. The van der Waals surface area contributed by atoms with Crippen molar-refractivity contribution in [1.29, 1.82) is 0 Å². The Morgan fingerprint density at radius 3 is 2.35 bits per heavy atom. The summed E-state index contributed by atoms with van der Waals surface area (Å²) in [4.78, 5) is 13.8. The number of halogens is 1. The zero-order valence-electron chi connectivity index (χ0n) is 12.5. The van der Waals surface area contributed by atoms with Crippen molar-refractivity contribution in [1.82, 2.24) is 14.5 Å². The van der Waals surface area contributed by atoms with Crippen LogP contribution in [-0.4, -0.2) is 70.1 Å². The molecule has 1 saturated heterocycles. The van der Waals surface area contributed by atoms with Gasteiger partial charge in [0.2, 0.25) is 15.9 Å². The first kappa shape index (κ1) is 19.6. The Morgan fingerprint density at radius 2 is 1.90 bits per heavy atom. The fourth-order valence-corrected chi connectivity index (χ4v) is 2.57. The number of likely N-dealkylation sites (N-methyl/N-ethyl adjacent to an activating group) is 1. The van der Waals surface area contributed by atoms with Gasteiger partial charge in [0.1, 0.15) is 0 Å². The number of sulfonamides is 1. The van der Waals surface area contributed by atoms with Crippen LogP contribution >= 0.6 is 12.4 Å². The largest absolute Gasteiger partial charge is 0.342 e. The average molecular weight is 328 g/mol. The molecule has 0 bridgehead atoms. The molecule has 0 unspecified atom stereocenters. The van der Waals surface area contributed by atoms with E-state index in [2.05, 4.69) is 5.32 Å². The van der Waals surface area contributed by atoms with Gasteiger partial charge in [-0.2, -0.15) is 4.31 Å². The SMILES string of the molecule is CNCCC1CCN(C(=O)CN(C)S(C)(=O)=O)CC1.Cl. The normalized spacial score (nSPS) is 17.1. The molecule has 0 aromatic rings. The van der Waals surface area contributed by atoms with Crippen molar-refractivity contribution in [2.24, 2.45) is 5.92 Å². The topological polar surface area (TPSA) is 69.7 Å². The summed E-state index contributed by atoms with van der Waals surface area (Å²) in [6.45, 7) is 2.44. The Kier molecular flexibility index (Phi) is 8.65. The third kappa shape index (κ3) is 6.39. The summed E-state index contributed by atoms with van der Waals surface area (Å²) in [5.74, 6) is 0.573. The van der Waals surface area contributed by atoms with Gasteiger partial charge in [-0.1, -0.05) is 0 Å². The van der Waals surface area contributed by atoms with E-state index in [1.165, 1.54) is 7.05 Å². The molecular formula is C12H26ClN3O3S. The molecule has 1 fully saturated rings. The van der Waals surface area contributed by atoms with E-state index in [1.54, 1.807) is 4.90 Å². The molecule has 20 heavy (non-hydrogen) atoms. The third-order valence-electron chi connectivity index (χ3n) is 3.69. The van der Waals surface area contributed by atoms with Crippen molar-refractivity contribution >= 4 is 28.3 Å². The molecule has 1 aliphatic rings. The summed E-state index contributed by atoms with van der Waals surface area (Å²) < 4.78 is 23.6. The lowest BCUT2D eigenvalue weighted by atomic mass is 9.93. The van der Waals surface area contributed by atoms with E-state index < -0.39 is 10.0 Å². The van der Waals surface area contributed by atoms with E-state index in [9.17, 15) is 13.2 Å². The quantitative estimate of drug-likeness (QED) is 0.754.